The summed E-state index contributed by atoms with van der Waals surface area (Å²) in [6, 6.07) is 7.35. The normalized spacial score (nSPS) is 13.6. The molecule has 7 nitrogen and oxygen atoms in total. The third-order valence-corrected chi connectivity index (χ3v) is 3.39. The van der Waals surface area contributed by atoms with Gasteiger partial charge in [-0.05, 0) is 26.3 Å². The van der Waals surface area contributed by atoms with Crippen molar-refractivity contribution in [3.63, 3.8) is 0 Å². The number of ether oxygens (including phenoxy) is 1. The first-order valence-corrected chi connectivity index (χ1v) is 8.04. The predicted octanol–water partition coefficient (Wildman–Crippen LogP) is 1.12. The summed E-state index contributed by atoms with van der Waals surface area (Å²) in [5, 5.41) is 14.6. The number of carbonyl (C=O) groups excluding carboxylic acids is 2. The number of rotatable bonds is 8. The van der Waals surface area contributed by atoms with Crippen LogP contribution < -0.4 is 10.6 Å². The lowest BCUT2D eigenvalue weighted by atomic mass is 10.0. The van der Waals surface area contributed by atoms with Gasteiger partial charge in [-0.3, -0.25) is 9.59 Å². The molecule has 0 aromatic heterocycles. The highest BCUT2D eigenvalue weighted by molar-refractivity contribution is 5.90. The quantitative estimate of drug-likeness (QED) is 0.607. The fourth-order valence-corrected chi connectivity index (χ4v) is 2.36. The van der Waals surface area contributed by atoms with Gasteiger partial charge in [0.15, 0.2) is 0 Å². The summed E-state index contributed by atoms with van der Waals surface area (Å²) in [6.45, 7) is 5.49. The molecule has 25 heavy (non-hydrogen) atoms. The van der Waals surface area contributed by atoms with Crippen molar-refractivity contribution in [3.8, 4) is 0 Å². The van der Waals surface area contributed by atoms with Gasteiger partial charge in [-0.25, -0.2) is 4.79 Å². The lowest BCUT2D eigenvalue weighted by Crippen LogP contribution is -2.55. The summed E-state index contributed by atoms with van der Waals surface area (Å²) < 4.78 is 4.76. The van der Waals surface area contributed by atoms with Gasteiger partial charge >= 0.3 is 11.9 Å². The van der Waals surface area contributed by atoms with E-state index < -0.39 is 35.5 Å². The van der Waals surface area contributed by atoms with Crippen LogP contribution in [0.1, 0.15) is 32.8 Å². The first-order valence-electron chi connectivity index (χ1n) is 8.04. The van der Waals surface area contributed by atoms with E-state index in [1.54, 1.807) is 0 Å². The molecule has 1 amide bonds. The summed E-state index contributed by atoms with van der Waals surface area (Å²) >= 11 is 0. The predicted molar refractivity (Wildman–Crippen MR) is 93.0 cm³/mol. The van der Waals surface area contributed by atoms with Crippen LogP contribution in [0.3, 0.4) is 0 Å². The molecule has 0 spiro atoms. The molecule has 1 aromatic carbocycles. The zero-order valence-corrected chi connectivity index (χ0v) is 15.0. The molecule has 0 aliphatic carbocycles. The Morgan fingerprint density at radius 2 is 1.72 bits per heavy atom. The van der Waals surface area contributed by atoms with Gasteiger partial charge in [0.2, 0.25) is 5.91 Å². The maximum atomic E-state index is 12.5. The largest absolute Gasteiger partial charge is 0.481 e. The van der Waals surface area contributed by atoms with Crippen LogP contribution in [0, 0.1) is 0 Å². The molecule has 0 bridgehead atoms. The van der Waals surface area contributed by atoms with Crippen molar-refractivity contribution < 1.29 is 24.2 Å². The molecule has 3 N–H and O–H groups in total. The van der Waals surface area contributed by atoms with Crippen LogP contribution in [0.15, 0.2) is 30.3 Å². The summed E-state index contributed by atoms with van der Waals surface area (Å²) in [5.41, 5.74) is 0.397. The molecule has 7 heteroatoms. The van der Waals surface area contributed by atoms with E-state index in [1.165, 1.54) is 7.11 Å². The van der Waals surface area contributed by atoms with Crippen LogP contribution in [0.25, 0.3) is 0 Å². The molecule has 1 aromatic rings. The highest BCUT2D eigenvalue weighted by Crippen LogP contribution is 2.08. The average molecular weight is 350 g/mol. The SMILES string of the molecule is COC(=O)[C@@H](Cc1ccccc1)NC(=O)[C@@H](CC(=O)O)NC(C)(C)C. The number of carbonyl (C=O) groups is 3. The number of methoxy groups -OCH3 is 1. The fourth-order valence-electron chi connectivity index (χ4n) is 2.36. The number of benzene rings is 1. The van der Waals surface area contributed by atoms with Crippen molar-refractivity contribution in [2.75, 3.05) is 7.11 Å². The van der Waals surface area contributed by atoms with E-state index in [9.17, 15) is 14.4 Å². The van der Waals surface area contributed by atoms with Crippen LogP contribution in [-0.2, 0) is 25.5 Å². The molecule has 0 aliphatic rings. The van der Waals surface area contributed by atoms with Crippen molar-refractivity contribution in [1.29, 1.82) is 0 Å². The molecule has 0 heterocycles. The Balaban J connectivity index is 2.89. The molecule has 0 aliphatic heterocycles. The number of aliphatic carboxylic acids is 1. The highest BCUT2D eigenvalue weighted by atomic mass is 16.5. The van der Waals surface area contributed by atoms with Crippen LogP contribution in [-0.4, -0.2) is 47.7 Å². The van der Waals surface area contributed by atoms with E-state index in [1.807, 2.05) is 51.1 Å². The van der Waals surface area contributed by atoms with E-state index >= 15 is 0 Å². The number of carboxylic acids is 1. The zero-order valence-electron chi connectivity index (χ0n) is 15.0. The number of esters is 1. The third kappa shape index (κ3) is 7.80. The Hall–Kier alpha value is -2.41. The van der Waals surface area contributed by atoms with Crippen LogP contribution in [0.2, 0.25) is 0 Å². The van der Waals surface area contributed by atoms with Crippen molar-refractivity contribution in [3.05, 3.63) is 35.9 Å². The topological polar surface area (TPSA) is 105 Å². The van der Waals surface area contributed by atoms with Crippen molar-refractivity contribution >= 4 is 17.8 Å². The second kappa shape index (κ2) is 9.17. The molecule has 0 saturated carbocycles. The Bertz CT molecular complexity index is 595. The minimum atomic E-state index is -1.10. The number of carboxylic acid groups (broad SMARTS) is 1. The third-order valence-electron chi connectivity index (χ3n) is 3.39. The zero-order chi connectivity index (χ0) is 19.0. The van der Waals surface area contributed by atoms with E-state index in [2.05, 4.69) is 10.6 Å². The maximum Gasteiger partial charge on any atom is 0.328 e. The molecule has 0 fully saturated rings. The molecule has 1 rings (SSSR count). The van der Waals surface area contributed by atoms with Crippen molar-refractivity contribution in [2.24, 2.45) is 0 Å². The lowest BCUT2D eigenvalue weighted by Gasteiger charge is -2.28. The van der Waals surface area contributed by atoms with Gasteiger partial charge < -0.3 is 20.5 Å². The van der Waals surface area contributed by atoms with Gasteiger partial charge in [-0.2, -0.15) is 0 Å². The van der Waals surface area contributed by atoms with Gasteiger partial charge in [0, 0.05) is 12.0 Å². The molecule has 0 radical (unpaired) electrons. The Labute approximate surface area is 147 Å². The molecule has 0 unspecified atom stereocenters. The number of hydrogen-bond donors (Lipinski definition) is 3. The molecular weight excluding hydrogens is 324 g/mol. The number of hydrogen-bond acceptors (Lipinski definition) is 5. The van der Waals surface area contributed by atoms with Crippen LogP contribution >= 0.6 is 0 Å². The van der Waals surface area contributed by atoms with Crippen LogP contribution in [0.4, 0.5) is 0 Å². The van der Waals surface area contributed by atoms with E-state index in [0.717, 1.165) is 5.56 Å². The van der Waals surface area contributed by atoms with Gasteiger partial charge in [0.1, 0.15) is 6.04 Å². The van der Waals surface area contributed by atoms with Crippen LogP contribution in [0.5, 0.6) is 0 Å². The molecule has 2 atom stereocenters. The van der Waals surface area contributed by atoms with Gasteiger partial charge in [-0.1, -0.05) is 30.3 Å². The van der Waals surface area contributed by atoms with E-state index in [-0.39, 0.29) is 12.8 Å². The van der Waals surface area contributed by atoms with Gasteiger partial charge in [-0.15, -0.1) is 0 Å². The average Bonchev–Trinajstić information content (AvgIpc) is 2.52. The van der Waals surface area contributed by atoms with Crippen molar-refractivity contribution in [1.82, 2.24) is 10.6 Å². The standard InChI is InChI=1S/C18H26N2O5/c1-18(2,3)20-13(11-15(21)22)16(23)19-14(17(24)25-4)10-12-8-6-5-7-9-12/h5-9,13-14,20H,10-11H2,1-4H3,(H,19,23)(H,21,22)/t13-,14-/m1/s1. The van der Waals surface area contributed by atoms with Gasteiger partial charge in [0.25, 0.3) is 0 Å². The second-order valence-corrected chi connectivity index (χ2v) is 6.82. The monoisotopic (exact) mass is 350 g/mol. The summed E-state index contributed by atoms with van der Waals surface area (Å²) in [4.78, 5) is 35.6. The van der Waals surface area contributed by atoms with E-state index in [0.29, 0.717) is 0 Å². The fraction of sp³-hybridized carbons (Fsp3) is 0.500. The number of amides is 1. The molecule has 0 saturated heterocycles. The first kappa shape index (κ1) is 20.6. The molecule has 138 valence electrons. The number of nitrogens with one attached hydrogen (secondary N) is 2. The smallest absolute Gasteiger partial charge is 0.328 e. The molecular formula is C18H26N2O5. The lowest BCUT2D eigenvalue weighted by molar-refractivity contribution is -0.145. The van der Waals surface area contributed by atoms with Crippen molar-refractivity contribution in [2.45, 2.75) is 51.2 Å². The minimum Gasteiger partial charge on any atom is -0.481 e. The minimum absolute atomic E-state index is 0.258. The Morgan fingerprint density at radius 1 is 1.12 bits per heavy atom. The maximum absolute atomic E-state index is 12.5. The Morgan fingerprint density at radius 3 is 2.20 bits per heavy atom. The second-order valence-electron chi connectivity index (χ2n) is 6.82. The van der Waals surface area contributed by atoms with Gasteiger partial charge in [0.05, 0.1) is 19.6 Å². The Kier molecular flexibility index (Phi) is 7.57. The highest BCUT2D eigenvalue weighted by Gasteiger charge is 2.30. The summed E-state index contributed by atoms with van der Waals surface area (Å²) in [6.07, 6.45) is -0.128. The first-order chi connectivity index (χ1) is 11.6. The summed E-state index contributed by atoms with van der Waals surface area (Å²) in [5.74, 6) is -2.24. The van der Waals surface area contributed by atoms with E-state index in [4.69, 9.17) is 9.84 Å². The summed E-state index contributed by atoms with van der Waals surface area (Å²) in [7, 11) is 1.24.